The molecule has 0 saturated carbocycles. The molecule has 1 unspecified atom stereocenters. The molecule has 0 fully saturated rings. The molecule has 2 aromatic rings. The molecule has 0 spiro atoms. The lowest BCUT2D eigenvalue weighted by Crippen LogP contribution is -2.43. The fourth-order valence-electron chi connectivity index (χ4n) is 2.88. The first kappa shape index (κ1) is 24.0. The summed E-state index contributed by atoms with van der Waals surface area (Å²) in [6.07, 6.45) is 0. The van der Waals surface area contributed by atoms with Gasteiger partial charge in [-0.05, 0) is 64.3 Å². The number of hydrogen-bond donors (Lipinski definition) is 2. The molecule has 0 aliphatic rings. The van der Waals surface area contributed by atoms with Gasteiger partial charge in [-0.3, -0.25) is 4.79 Å². The Morgan fingerprint density at radius 2 is 1.66 bits per heavy atom. The molecule has 0 aromatic heterocycles. The number of likely N-dealkylation sites (N-methyl/N-ethyl adjacent to an activating group) is 1. The summed E-state index contributed by atoms with van der Waals surface area (Å²) in [5.74, 6) is -0.429. The van der Waals surface area contributed by atoms with Crippen LogP contribution in [0.4, 0.5) is 5.69 Å². The summed E-state index contributed by atoms with van der Waals surface area (Å²) in [4.78, 5) is 26.0. The van der Waals surface area contributed by atoms with Gasteiger partial charge in [-0.25, -0.2) is 4.79 Å². The Labute approximate surface area is 172 Å². The number of carbonyl (C=O) groups is 2. The summed E-state index contributed by atoms with van der Waals surface area (Å²) in [7, 11) is 4.01. The molecule has 0 saturated heterocycles. The maximum atomic E-state index is 11.9. The van der Waals surface area contributed by atoms with Crippen molar-refractivity contribution >= 4 is 17.6 Å². The van der Waals surface area contributed by atoms with Crippen LogP contribution in [0.1, 0.15) is 31.1 Å². The highest BCUT2D eigenvalue weighted by atomic mass is 16.5. The lowest BCUT2D eigenvalue weighted by Gasteiger charge is -2.30. The van der Waals surface area contributed by atoms with Crippen LogP contribution >= 0.6 is 0 Å². The summed E-state index contributed by atoms with van der Waals surface area (Å²) in [6, 6.07) is 13.6. The van der Waals surface area contributed by atoms with E-state index in [1.165, 1.54) is 12.1 Å². The second-order valence-corrected chi connectivity index (χ2v) is 6.75. The van der Waals surface area contributed by atoms with Crippen molar-refractivity contribution in [2.45, 2.75) is 26.8 Å². The highest BCUT2D eigenvalue weighted by molar-refractivity contribution is 5.92. The second kappa shape index (κ2) is 11.7. The highest BCUT2D eigenvalue weighted by Crippen LogP contribution is 2.22. The number of phenols is 1. The summed E-state index contributed by atoms with van der Waals surface area (Å²) < 4.78 is 5.41. The minimum atomic E-state index is -1.11. The number of aromatic hydroxyl groups is 1. The first-order valence-corrected chi connectivity index (χ1v) is 9.36. The first-order valence-electron chi connectivity index (χ1n) is 9.36. The molecule has 2 aromatic carbocycles. The van der Waals surface area contributed by atoms with E-state index in [2.05, 4.69) is 11.8 Å². The van der Waals surface area contributed by atoms with Crippen LogP contribution in [0.5, 0.6) is 11.5 Å². The maximum absolute atomic E-state index is 11.9. The number of aromatic carboxylic acids is 1. The number of benzene rings is 2. The van der Waals surface area contributed by atoms with Crippen molar-refractivity contribution in [2.24, 2.45) is 0 Å². The van der Waals surface area contributed by atoms with E-state index in [1.54, 1.807) is 19.1 Å². The molecule has 0 aliphatic heterocycles. The van der Waals surface area contributed by atoms with E-state index in [-0.39, 0.29) is 23.3 Å². The Kier molecular flexibility index (Phi) is 9.68. The number of carboxylic acid groups (broad SMARTS) is 1. The predicted molar refractivity (Wildman–Crippen MR) is 114 cm³/mol. The fraction of sp³-hybridized carbons (Fsp3) is 0.364. The number of hydrogen-bond acceptors (Lipinski definition) is 5. The lowest BCUT2D eigenvalue weighted by atomic mass is 10.2. The zero-order valence-electron chi connectivity index (χ0n) is 17.6. The molecule has 158 valence electrons. The van der Waals surface area contributed by atoms with Gasteiger partial charge in [-0.1, -0.05) is 12.1 Å². The SMILES string of the molecule is CCOc1ccc(N(C(C)=O)C(C)CN(C)C)cc1.O=C(O)c1ccccc1O. The number of anilines is 1. The number of nitrogens with zero attached hydrogens (tertiary/aromatic N) is 2. The smallest absolute Gasteiger partial charge is 0.339 e. The summed E-state index contributed by atoms with van der Waals surface area (Å²) >= 11 is 0. The molecule has 2 N–H and O–H groups in total. The minimum absolute atomic E-state index is 0.0542. The number of carboxylic acids is 1. The molecule has 0 heterocycles. The Balaban J connectivity index is 0.000000352. The number of ether oxygens (including phenoxy) is 1. The Hall–Kier alpha value is -3.06. The van der Waals surface area contributed by atoms with Crippen LogP contribution in [-0.2, 0) is 4.79 Å². The van der Waals surface area contributed by atoms with Crippen LogP contribution in [0.2, 0.25) is 0 Å². The Morgan fingerprint density at radius 1 is 1.07 bits per heavy atom. The monoisotopic (exact) mass is 402 g/mol. The first-order chi connectivity index (χ1) is 13.7. The van der Waals surface area contributed by atoms with Crippen LogP contribution in [0.3, 0.4) is 0 Å². The van der Waals surface area contributed by atoms with E-state index in [9.17, 15) is 9.59 Å². The normalized spacial score (nSPS) is 11.2. The Bertz CT molecular complexity index is 790. The zero-order valence-corrected chi connectivity index (χ0v) is 17.6. The van der Waals surface area contributed by atoms with Crippen LogP contribution < -0.4 is 9.64 Å². The summed E-state index contributed by atoms with van der Waals surface area (Å²) in [5, 5.41) is 17.3. The maximum Gasteiger partial charge on any atom is 0.339 e. The molecule has 7 heteroatoms. The van der Waals surface area contributed by atoms with E-state index in [0.717, 1.165) is 18.0 Å². The standard InChI is InChI=1S/C15H24N2O2.C7H6O3/c1-6-19-15-9-7-14(8-10-15)17(13(3)18)12(2)11-16(4)5;8-6-4-2-1-3-5(6)7(9)10/h7-10,12H,6,11H2,1-5H3;1-4,8H,(H,9,10). The van der Waals surface area contributed by atoms with Crippen LogP contribution in [0.25, 0.3) is 0 Å². The Morgan fingerprint density at radius 3 is 2.07 bits per heavy atom. The van der Waals surface area contributed by atoms with Crippen molar-refractivity contribution in [1.29, 1.82) is 0 Å². The second-order valence-electron chi connectivity index (χ2n) is 6.75. The van der Waals surface area contributed by atoms with Crippen molar-refractivity contribution in [1.82, 2.24) is 4.90 Å². The average Bonchev–Trinajstić information content (AvgIpc) is 2.63. The van der Waals surface area contributed by atoms with E-state index < -0.39 is 5.97 Å². The van der Waals surface area contributed by atoms with Crippen molar-refractivity contribution in [3.8, 4) is 11.5 Å². The van der Waals surface area contributed by atoms with E-state index >= 15 is 0 Å². The van der Waals surface area contributed by atoms with Crippen molar-refractivity contribution < 1.29 is 24.5 Å². The molecule has 29 heavy (non-hydrogen) atoms. The van der Waals surface area contributed by atoms with Gasteiger partial charge >= 0.3 is 5.97 Å². The van der Waals surface area contributed by atoms with Crippen LogP contribution in [0, 0.1) is 0 Å². The fourth-order valence-corrected chi connectivity index (χ4v) is 2.88. The molecular weight excluding hydrogens is 372 g/mol. The van der Waals surface area contributed by atoms with Crippen LogP contribution in [0.15, 0.2) is 48.5 Å². The average molecular weight is 402 g/mol. The van der Waals surface area contributed by atoms with Gasteiger partial charge in [0.15, 0.2) is 0 Å². The third-order valence-corrected chi connectivity index (χ3v) is 3.97. The molecule has 0 bridgehead atoms. The van der Waals surface area contributed by atoms with Crippen molar-refractivity contribution in [2.75, 3.05) is 32.1 Å². The van der Waals surface area contributed by atoms with Gasteiger partial charge in [0, 0.05) is 25.2 Å². The molecular formula is C22H30N2O5. The van der Waals surface area contributed by atoms with Gasteiger partial charge in [0.2, 0.25) is 5.91 Å². The van der Waals surface area contributed by atoms with Gasteiger partial charge in [-0.15, -0.1) is 0 Å². The van der Waals surface area contributed by atoms with Gasteiger partial charge in [0.05, 0.1) is 6.61 Å². The van der Waals surface area contributed by atoms with E-state index in [0.29, 0.717) is 6.61 Å². The topological polar surface area (TPSA) is 90.3 Å². The molecule has 7 nitrogen and oxygen atoms in total. The predicted octanol–water partition coefficient (Wildman–Crippen LogP) is 3.48. The number of amides is 1. The molecule has 1 atom stereocenters. The van der Waals surface area contributed by atoms with Gasteiger partial charge in [0.25, 0.3) is 0 Å². The number of para-hydroxylation sites is 1. The quantitative estimate of drug-likeness (QED) is 0.737. The minimum Gasteiger partial charge on any atom is -0.507 e. The van der Waals surface area contributed by atoms with Crippen molar-refractivity contribution in [3.63, 3.8) is 0 Å². The zero-order chi connectivity index (χ0) is 22.0. The lowest BCUT2D eigenvalue weighted by molar-refractivity contribution is -0.117. The van der Waals surface area contributed by atoms with Gasteiger partial charge in [0.1, 0.15) is 17.1 Å². The number of rotatable bonds is 7. The third kappa shape index (κ3) is 7.83. The van der Waals surface area contributed by atoms with E-state index in [1.807, 2.05) is 50.2 Å². The van der Waals surface area contributed by atoms with Crippen molar-refractivity contribution in [3.05, 3.63) is 54.1 Å². The highest BCUT2D eigenvalue weighted by Gasteiger charge is 2.19. The summed E-state index contributed by atoms with van der Waals surface area (Å²) in [5.41, 5.74) is 0.841. The third-order valence-electron chi connectivity index (χ3n) is 3.97. The summed E-state index contributed by atoms with van der Waals surface area (Å²) in [6.45, 7) is 7.08. The number of carbonyl (C=O) groups excluding carboxylic acids is 1. The molecule has 1 amide bonds. The van der Waals surface area contributed by atoms with Gasteiger partial charge < -0.3 is 24.7 Å². The molecule has 2 rings (SSSR count). The van der Waals surface area contributed by atoms with Gasteiger partial charge in [-0.2, -0.15) is 0 Å². The van der Waals surface area contributed by atoms with E-state index in [4.69, 9.17) is 14.9 Å². The molecule has 0 radical (unpaired) electrons. The van der Waals surface area contributed by atoms with Crippen LogP contribution in [-0.4, -0.2) is 60.3 Å². The largest absolute Gasteiger partial charge is 0.507 e. The molecule has 0 aliphatic carbocycles.